The third-order valence-electron chi connectivity index (χ3n) is 5.03. The van der Waals surface area contributed by atoms with E-state index in [1.54, 1.807) is 17.6 Å². The van der Waals surface area contributed by atoms with Crippen LogP contribution in [-0.4, -0.2) is 32.0 Å². The number of aryl methyl sites for hydroxylation is 1. The first-order chi connectivity index (χ1) is 14.1. The fraction of sp³-hybridized carbons (Fsp3) is 0.400. The Hall–Kier alpha value is -3.20. The maximum Gasteiger partial charge on any atom is 0.346 e. The van der Waals surface area contributed by atoms with Gasteiger partial charge in [-0.1, -0.05) is 35.5 Å². The lowest BCUT2D eigenvalue weighted by molar-refractivity contribution is -0.117. The van der Waals surface area contributed by atoms with Gasteiger partial charge in [-0.25, -0.2) is 9.48 Å². The van der Waals surface area contributed by atoms with Gasteiger partial charge < -0.3 is 14.6 Å². The van der Waals surface area contributed by atoms with Gasteiger partial charge in [0.25, 0.3) is 0 Å². The SMILES string of the molecule is CCn1c([C@H]2OCC[C@H]2c2ccccc2)nn(CC(=O)Nc2cc(C)on2)c1=O. The van der Waals surface area contributed by atoms with E-state index in [-0.39, 0.29) is 24.3 Å². The zero-order valence-electron chi connectivity index (χ0n) is 16.4. The average Bonchev–Trinajstić information content (AvgIpc) is 3.42. The van der Waals surface area contributed by atoms with Crippen LogP contribution in [0.1, 0.15) is 42.5 Å². The van der Waals surface area contributed by atoms with Gasteiger partial charge in [-0.3, -0.25) is 9.36 Å². The minimum absolute atomic E-state index is 0.115. The Labute approximate surface area is 167 Å². The molecule has 9 nitrogen and oxygen atoms in total. The highest BCUT2D eigenvalue weighted by Crippen LogP contribution is 2.40. The third kappa shape index (κ3) is 3.86. The maximum atomic E-state index is 12.8. The van der Waals surface area contributed by atoms with Gasteiger partial charge in [-0.2, -0.15) is 5.10 Å². The molecule has 1 aliphatic rings. The summed E-state index contributed by atoms with van der Waals surface area (Å²) in [4.78, 5) is 25.1. The molecular formula is C20H23N5O4. The van der Waals surface area contributed by atoms with E-state index in [0.29, 0.717) is 30.6 Å². The van der Waals surface area contributed by atoms with Gasteiger partial charge in [0.1, 0.15) is 18.4 Å². The summed E-state index contributed by atoms with van der Waals surface area (Å²) >= 11 is 0. The van der Waals surface area contributed by atoms with Crippen molar-refractivity contribution in [3.05, 3.63) is 64.0 Å². The molecule has 4 rings (SSSR count). The number of amides is 1. The summed E-state index contributed by atoms with van der Waals surface area (Å²) in [5.74, 6) is 1.15. The first kappa shape index (κ1) is 19.1. The number of nitrogens with one attached hydrogen (secondary N) is 1. The van der Waals surface area contributed by atoms with E-state index in [1.807, 2.05) is 25.1 Å². The van der Waals surface area contributed by atoms with E-state index in [0.717, 1.165) is 12.0 Å². The van der Waals surface area contributed by atoms with Crippen LogP contribution in [0.3, 0.4) is 0 Å². The van der Waals surface area contributed by atoms with Crippen molar-refractivity contribution in [3.8, 4) is 0 Å². The standard InChI is InChI=1S/C20H23N5O4/c1-3-24-19(18-15(9-10-28-18)14-7-5-4-6-8-14)22-25(20(24)27)12-17(26)21-16-11-13(2)29-23-16/h4-8,11,15,18H,3,9-10,12H2,1-2H3,(H,21,23,26)/t15-,18-/m0/s1. The van der Waals surface area contributed by atoms with Crippen LogP contribution in [0.25, 0.3) is 0 Å². The molecule has 0 bridgehead atoms. The molecule has 3 aromatic rings. The summed E-state index contributed by atoms with van der Waals surface area (Å²) in [7, 11) is 0. The predicted octanol–water partition coefficient (Wildman–Crippen LogP) is 2.25. The minimum Gasteiger partial charge on any atom is -0.370 e. The second-order valence-corrected chi connectivity index (χ2v) is 7.01. The summed E-state index contributed by atoms with van der Waals surface area (Å²) in [5, 5.41) is 10.8. The van der Waals surface area contributed by atoms with Gasteiger partial charge in [0.05, 0.1) is 0 Å². The Morgan fingerprint density at radius 2 is 2.10 bits per heavy atom. The highest BCUT2D eigenvalue weighted by molar-refractivity contribution is 5.89. The molecule has 9 heteroatoms. The zero-order chi connectivity index (χ0) is 20.4. The van der Waals surface area contributed by atoms with Crippen LogP contribution in [0.4, 0.5) is 5.82 Å². The minimum atomic E-state index is -0.403. The van der Waals surface area contributed by atoms with Gasteiger partial charge >= 0.3 is 5.69 Å². The van der Waals surface area contributed by atoms with Crippen molar-refractivity contribution >= 4 is 11.7 Å². The number of rotatable bonds is 6. The number of anilines is 1. The Bertz CT molecular complexity index is 1050. The number of aromatic nitrogens is 4. The van der Waals surface area contributed by atoms with Crippen molar-refractivity contribution in [2.24, 2.45) is 0 Å². The summed E-state index contributed by atoms with van der Waals surface area (Å²) in [6.45, 7) is 4.43. The molecule has 3 heterocycles. The second-order valence-electron chi connectivity index (χ2n) is 7.01. The lowest BCUT2D eigenvalue weighted by Gasteiger charge is -2.18. The van der Waals surface area contributed by atoms with Crippen molar-refractivity contribution in [2.45, 2.75) is 45.4 Å². The topological polar surface area (TPSA) is 104 Å². The summed E-state index contributed by atoms with van der Waals surface area (Å²) in [6.07, 6.45) is 0.526. The number of benzene rings is 1. The van der Waals surface area contributed by atoms with Crippen LogP contribution in [0, 0.1) is 6.92 Å². The molecule has 1 saturated heterocycles. The molecule has 0 saturated carbocycles. The monoisotopic (exact) mass is 397 g/mol. The Morgan fingerprint density at radius 1 is 1.31 bits per heavy atom. The number of hydrogen-bond donors (Lipinski definition) is 1. The number of carbonyl (C=O) groups is 1. The largest absolute Gasteiger partial charge is 0.370 e. The maximum absolute atomic E-state index is 12.8. The lowest BCUT2D eigenvalue weighted by Crippen LogP contribution is -2.30. The van der Waals surface area contributed by atoms with Crippen LogP contribution < -0.4 is 11.0 Å². The number of ether oxygens (including phenoxy) is 1. The summed E-state index contributed by atoms with van der Waals surface area (Å²) < 4.78 is 13.6. The Balaban J connectivity index is 1.58. The average molecular weight is 397 g/mol. The van der Waals surface area contributed by atoms with Crippen LogP contribution in [0.5, 0.6) is 0 Å². The molecule has 1 amide bonds. The van der Waals surface area contributed by atoms with Crippen LogP contribution in [0.2, 0.25) is 0 Å². The number of nitrogens with zero attached hydrogens (tertiary/aromatic N) is 4. The van der Waals surface area contributed by atoms with Crippen molar-refractivity contribution in [2.75, 3.05) is 11.9 Å². The number of carbonyl (C=O) groups excluding carboxylic acids is 1. The van der Waals surface area contributed by atoms with Crippen LogP contribution in [-0.2, 0) is 22.6 Å². The Kier molecular flexibility index (Phi) is 5.30. The molecule has 2 atom stereocenters. The van der Waals surface area contributed by atoms with Crippen LogP contribution >= 0.6 is 0 Å². The van der Waals surface area contributed by atoms with Gasteiger partial charge in [0, 0.05) is 25.1 Å². The smallest absolute Gasteiger partial charge is 0.346 e. The van der Waals surface area contributed by atoms with E-state index in [1.165, 1.54) is 4.68 Å². The fourth-order valence-corrected chi connectivity index (χ4v) is 3.70. The van der Waals surface area contributed by atoms with Crippen LogP contribution in [0.15, 0.2) is 45.7 Å². The fourth-order valence-electron chi connectivity index (χ4n) is 3.70. The van der Waals surface area contributed by atoms with E-state index in [2.05, 4.69) is 27.7 Å². The van der Waals surface area contributed by atoms with Gasteiger partial charge in [0.2, 0.25) is 5.91 Å². The molecule has 0 radical (unpaired) electrons. The third-order valence-corrected chi connectivity index (χ3v) is 5.03. The molecule has 1 fully saturated rings. The van der Waals surface area contributed by atoms with E-state index < -0.39 is 5.91 Å². The normalized spacial score (nSPS) is 18.8. The highest BCUT2D eigenvalue weighted by Gasteiger charge is 2.35. The molecule has 1 aromatic carbocycles. The molecule has 1 aliphatic heterocycles. The van der Waals surface area contributed by atoms with Gasteiger partial charge in [0.15, 0.2) is 11.6 Å². The quantitative estimate of drug-likeness (QED) is 0.684. The summed E-state index contributed by atoms with van der Waals surface area (Å²) in [5.41, 5.74) is 0.815. The van der Waals surface area contributed by atoms with Crippen molar-refractivity contribution < 1.29 is 14.1 Å². The second kappa shape index (κ2) is 8.04. The highest BCUT2D eigenvalue weighted by atomic mass is 16.5. The first-order valence-electron chi connectivity index (χ1n) is 9.64. The molecule has 0 spiro atoms. The Morgan fingerprint density at radius 3 is 2.79 bits per heavy atom. The van der Waals surface area contributed by atoms with Gasteiger partial charge in [-0.05, 0) is 25.8 Å². The van der Waals surface area contributed by atoms with E-state index >= 15 is 0 Å². The van der Waals surface area contributed by atoms with Gasteiger partial charge in [-0.15, -0.1) is 0 Å². The van der Waals surface area contributed by atoms with Crippen molar-refractivity contribution in [3.63, 3.8) is 0 Å². The van der Waals surface area contributed by atoms with E-state index in [4.69, 9.17) is 9.26 Å². The molecular weight excluding hydrogens is 374 g/mol. The molecule has 1 N–H and O–H groups in total. The van der Waals surface area contributed by atoms with Crippen molar-refractivity contribution in [1.82, 2.24) is 19.5 Å². The van der Waals surface area contributed by atoms with Crippen molar-refractivity contribution in [1.29, 1.82) is 0 Å². The molecule has 29 heavy (non-hydrogen) atoms. The predicted molar refractivity (Wildman–Crippen MR) is 105 cm³/mol. The molecule has 2 aromatic heterocycles. The number of hydrogen-bond acceptors (Lipinski definition) is 6. The lowest BCUT2D eigenvalue weighted by atomic mass is 9.92. The summed E-state index contributed by atoms with van der Waals surface area (Å²) in [6, 6.07) is 11.7. The molecule has 0 unspecified atom stereocenters. The first-order valence-corrected chi connectivity index (χ1v) is 9.64. The molecule has 152 valence electrons. The molecule has 0 aliphatic carbocycles. The zero-order valence-corrected chi connectivity index (χ0v) is 16.4. The van der Waals surface area contributed by atoms with E-state index in [9.17, 15) is 9.59 Å².